The van der Waals surface area contributed by atoms with E-state index in [9.17, 15) is 9.59 Å². The smallest absolute Gasteiger partial charge is 0.249 e. The number of hydrazine groups is 1. The average molecular weight is 329 g/mol. The summed E-state index contributed by atoms with van der Waals surface area (Å²) in [5.74, 6) is 1.07. The monoisotopic (exact) mass is 329 g/mol. The van der Waals surface area contributed by atoms with Gasteiger partial charge in [-0.3, -0.25) is 20.3 Å². The molecule has 1 saturated heterocycles. The van der Waals surface area contributed by atoms with Gasteiger partial charge >= 0.3 is 0 Å². The van der Waals surface area contributed by atoms with Crippen LogP contribution in [-0.2, 0) is 9.59 Å². The van der Waals surface area contributed by atoms with Crippen molar-refractivity contribution in [1.82, 2.24) is 15.8 Å². The minimum absolute atomic E-state index is 0.0395. The standard InChI is InChI=1S/C16H19N5O3/c1-9(2)14-19-16-18-13(22)8-12(21(16)20-14)15(23)17-10-5-4-6-11(7-10)24-3/h4-7,12,20H,8H2,1-3H3,(H,17,23)(H,18,19,22). The fraction of sp³-hybridized carbons (Fsp3) is 0.312. The minimum atomic E-state index is -0.694. The van der Waals surface area contributed by atoms with Gasteiger partial charge in [-0.1, -0.05) is 6.07 Å². The molecule has 8 nitrogen and oxygen atoms in total. The highest BCUT2D eigenvalue weighted by atomic mass is 16.5. The topological polar surface area (TPSA) is 95.1 Å². The van der Waals surface area contributed by atoms with Crippen LogP contribution in [0.1, 0.15) is 20.3 Å². The Hall–Kier alpha value is -3.03. The number of nitrogens with one attached hydrogen (secondary N) is 3. The van der Waals surface area contributed by atoms with Crippen LogP contribution in [0.3, 0.4) is 0 Å². The van der Waals surface area contributed by atoms with Crippen molar-refractivity contribution in [3.05, 3.63) is 35.7 Å². The maximum absolute atomic E-state index is 12.6. The molecule has 1 aromatic carbocycles. The molecule has 0 saturated carbocycles. The van der Waals surface area contributed by atoms with Crippen molar-refractivity contribution in [2.75, 3.05) is 12.4 Å². The van der Waals surface area contributed by atoms with Crippen LogP contribution >= 0.6 is 0 Å². The highest BCUT2D eigenvalue weighted by molar-refractivity contribution is 6.07. The maximum atomic E-state index is 12.6. The van der Waals surface area contributed by atoms with E-state index in [1.807, 2.05) is 13.8 Å². The lowest BCUT2D eigenvalue weighted by Gasteiger charge is -2.32. The van der Waals surface area contributed by atoms with Crippen molar-refractivity contribution in [2.24, 2.45) is 4.99 Å². The van der Waals surface area contributed by atoms with Gasteiger partial charge in [-0.15, -0.1) is 0 Å². The molecule has 3 rings (SSSR count). The molecule has 3 N–H and O–H groups in total. The Labute approximate surface area is 139 Å². The lowest BCUT2D eigenvalue weighted by Crippen LogP contribution is -2.61. The summed E-state index contributed by atoms with van der Waals surface area (Å²) in [5, 5.41) is 7.06. The predicted octanol–water partition coefficient (Wildman–Crippen LogP) is 0.950. The second kappa shape index (κ2) is 6.23. The summed E-state index contributed by atoms with van der Waals surface area (Å²) in [4.78, 5) is 28.8. The molecule has 24 heavy (non-hydrogen) atoms. The number of nitrogens with zero attached hydrogens (tertiary/aromatic N) is 2. The van der Waals surface area contributed by atoms with Crippen LogP contribution in [0.2, 0.25) is 0 Å². The summed E-state index contributed by atoms with van der Waals surface area (Å²) >= 11 is 0. The van der Waals surface area contributed by atoms with Gasteiger partial charge in [-0.05, 0) is 31.6 Å². The molecule has 0 aromatic heterocycles. The Morgan fingerprint density at radius 1 is 1.42 bits per heavy atom. The van der Waals surface area contributed by atoms with Crippen LogP contribution in [-0.4, -0.2) is 35.9 Å². The Kier molecular flexibility index (Phi) is 4.11. The molecule has 2 aliphatic heterocycles. The molecule has 126 valence electrons. The number of guanidine groups is 1. The molecule has 0 aliphatic carbocycles. The molecule has 2 heterocycles. The highest BCUT2D eigenvalue weighted by Crippen LogP contribution is 2.21. The molecule has 1 aromatic rings. The molecular formula is C16H19N5O3. The van der Waals surface area contributed by atoms with Crippen molar-refractivity contribution in [2.45, 2.75) is 26.3 Å². The summed E-state index contributed by atoms with van der Waals surface area (Å²) in [7, 11) is 1.56. The molecule has 1 atom stereocenters. The fourth-order valence-electron chi connectivity index (χ4n) is 2.47. The number of hydrogen-bond acceptors (Lipinski definition) is 6. The zero-order chi connectivity index (χ0) is 17.3. The molecule has 1 fully saturated rings. The van der Waals surface area contributed by atoms with Crippen molar-refractivity contribution >= 4 is 23.5 Å². The van der Waals surface area contributed by atoms with Crippen molar-refractivity contribution in [1.29, 1.82) is 0 Å². The lowest BCUT2D eigenvalue weighted by atomic mass is 10.1. The molecule has 0 bridgehead atoms. The number of ether oxygens (including phenoxy) is 1. The summed E-state index contributed by atoms with van der Waals surface area (Å²) in [6, 6.07) is 6.36. The van der Waals surface area contributed by atoms with Gasteiger partial charge in [0.25, 0.3) is 0 Å². The quantitative estimate of drug-likeness (QED) is 0.767. The lowest BCUT2D eigenvalue weighted by molar-refractivity contribution is -0.129. The van der Waals surface area contributed by atoms with Crippen molar-refractivity contribution < 1.29 is 14.3 Å². The van der Waals surface area contributed by atoms with Gasteiger partial charge in [0.15, 0.2) is 0 Å². The summed E-state index contributed by atoms with van der Waals surface area (Å²) in [6.07, 6.45) is 0.0395. The Morgan fingerprint density at radius 2 is 2.21 bits per heavy atom. The number of hydrogen-bond donors (Lipinski definition) is 3. The van der Waals surface area contributed by atoms with E-state index in [1.54, 1.807) is 36.4 Å². The molecule has 0 spiro atoms. The van der Waals surface area contributed by atoms with Gasteiger partial charge in [0.05, 0.1) is 13.5 Å². The number of methoxy groups -OCH3 is 1. The number of rotatable bonds is 3. The van der Waals surface area contributed by atoms with Gasteiger partial charge in [-0.2, -0.15) is 4.99 Å². The third-order valence-corrected chi connectivity index (χ3v) is 3.73. The molecular weight excluding hydrogens is 310 g/mol. The van der Waals surface area contributed by atoms with E-state index in [4.69, 9.17) is 4.74 Å². The second-order valence-corrected chi connectivity index (χ2v) is 5.76. The van der Waals surface area contributed by atoms with Crippen LogP contribution in [0.4, 0.5) is 5.69 Å². The van der Waals surface area contributed by atoms with Gasteiger partial charge < -0.3 is 10.1 Å². The highest BCUT2D eigenvalue weighted by Gasteiger charge is 2.39. The van der Waals surface area contributed by atoms with Crippen LogP contribution in [0.5, 0.6) is 5.75 Å². The average Bonchev–Trinajstić information content (AvgIpc) is 2.98. The molecule has 2 aliphatic rings. The zero-order valence-electron chi connectivity index (χ0n) is 13.7. The minimum Gasteiger partial charge on any atom is -0.497 e. The third-order valence-electron chi connectivity index (χ3n) is 3.73. The van der Waals surface area contributed by atoms with Crippen molar-refractivity contribution in [3.63, 3.8) is 0 Å². The van der Waals surface area contributed by atoms with Crippen LogP contribution in [0, 0.1) is 0 Å². The number of allylic oxidation sites excluding steroid dienone is 1. The Bertz CT molecular complexity index is 752. The Balaban J connectivity index is 1.80. The van der Waals surface area contributed by atoms with Gasteiger partial charge in [-0.25, -0.2) is 5.01 Å². The SMILES string of the molecule is COc1cccc(NC(=O)C2CC(=O)NC3=NC(=C(C)C)NN32)c1. The largest absolute Gasteiger partial charge is 0.497 e. The first kappa shape index (κ1) is 15.9. The molecule has 2 amide bonds. The number of anilines is 1. The third kappa shape index (κ3) is 3.03. The molecule has 0 radical (unpaired) electrons. The van der Waals surface area contributed by atoms with E-state index in [-0.39, 0.29) is 18.2 Å². The van der Waals surface area contributed by atoms with Gasteiger partial charge in [0.1, 0.15) is 17.6 Å². The number of carbonyl (C=O) groups excluding carboxylic acids is 2. The van der Waals surface area contributed by atoms with Gasteiger partial charge in [0.2, 0.25) is 17.8 Å². The van der Waals surface area contributed by atoms with E-state index in [1.165, 1.54) is 0 Å². The Morgan fingerprint density at radius 3 is 2.92 bits per heavy atom. The first-order chi connectivity index (χ1) is 11.5. The number of carbonyl (C=O) groups is 2. The number of amides is 2. The molecule has 8 heteroatoms. The predicted molar refractivity (Wildman–Crippen MR) is 89.0 cm³/mol. The summed E-state index contributed by atoms with van der Waals surface area (Å²) in [5.41, 5.74) is 4.62. The zero-order valence-corrected chi connectivity index (χ0v) is 13.7. The first-order valence-electron chi connectivity index (χ1n) is 7.55. The van der Waals surface area contributed by atoms with Gasteiger partial charge in [0, 0.05) is 11.8 Å². The number of benzene rings is 1. The van der Waals surface area contributed by atoms with E-state index in [0.717, 1.165) is 5.57 Å². The van der Waals surface area contributed by atoms with E-state index in [2.05, 4.69) is 21.1 Å². The van der Waals surface area contributed by atoms with Crippen LogP contribution < -0.4 is 20.8 Å². The van der Waals surface area contributed by atoms with E-state index >= 15 is 0 Å². The maximum Gasteiger partial charge on any atom is 0.249 e. The summed E-state index contributed by atoms with van der Waals surface area (Å²) in [6.45, 7) is 3.80. The van der Waals surface area contributed by atoms with E-state index in [0.29, 0.717) is 23.2 Å². The first-order valence-corrected chi connectivity index (χ1v) is 7.55. The second-order valence-electron chi connectivity index (χ2n) is 5.76. The fourth-order valence-corrected chi connectivity index (χ4v) is 2.47. The summed E-state index contributed by atoms with van der Waals surface area (Å²) < 4.78 is 5.15. The van der Waals surface area contributed by atoms with Crippen molar-refractivity contribution in [3.8, 4) is 5.75 Å². The number of fused-ring (bicyclic) bond motifs is 1. The normalized spacial score (nSPS) is 19.0. The number of aliphatic imine (C=N–C) groups is 1. The van der Waals surface area contributed by atoms with Crippen LogP contribution in [0.15, 0.2) is 40.7 Å². The van der Waals surface area contributed by atoms with Crippen LogP contribution in [0.25, 0.3) is 0 Å². The van der Waals surface area contributed by atoms with E-state index < -0.39 is 6.04 Å². The molecule has 1 unspecified atom stereocenters.